The molecule has 182 valence electrons. The van der Waals surface area contributed by atoms with Gasteiger partial charge in [0.25, 0.3) is 5.78 Å². The van der Waals surface area contributed by atoms with Gasteiger partial charge in [0.05, 0.1) is 28.4 Å². The fourth-order valence-electron chi connectivity index (χ4n) is 4.30. The standard InChI is InChI=1S/C28H23ClN2O4S/c1-3-16-5-14-21-22(15-16)36-28(30-21)31-24(17-6-10-19(29)11-7-17)23(26(33)27(31)34)25(32)18-8-12-20(13-9-18)35-4-2/h5-15,24,32H,3-4H2,1-2H3/t24-/m0/s1. The van der Waals surface area contributed by atoms with Crippen LogP contribution in [0.5, 0.6) is 5.75 Å². The van der Waals surface area contributed by atoms with Crippen LogP contribution in [0.2, 0.25) is 5.02 Å². The molecule has 1 fully saturated rings. The SMILES string of the molecule is CCOc1ccc(C(O)=C2C(=O)C(=O)N(c3nc4ccc(CC)cc4s3)[C@H]2c2ccc(Cl)cc2)cc1. The summed E-state index contributed by atoms with van der Waals surface area (Å²) in [4.78, 5) is 32.8. The van der Waals surface area contributed by atoms with Crippen LogP contribution in [-0.4, -0.2) is 28.4 Å². The third-order valence-electron chi connectivity index (χ3n) is 6.12. The second-order valence-corrected chi connectivity index (χ2v) is 9.78. The Bertz CT molecular complexity index is 1490. The lowest BCUT2D eigenvalue weighted by Crippen LogP contribution is -2.29. The second kappa shape index (κ2) is 9.76. The molecule has 0 bridgehead atoms. The van der Waals surface area contributed by atoms with Gasteiger partial charge in [-0.05, 0) is 73.0 Å². The number of ether oxygens (including phenoxy) is 1. The number of aromatic nitrogens is 1. The number of hydrogen-bond donors (Lipinski definition) is 1. The molecular formula is C28H23ClN2O4S. The number of hydrogen-bond acceptors (Lipinski definition) is 6. The van der Waals surface area contributed by atoms with Crippen LogP contribution in [0.15, 0.2) is 72.3 Å². The summed E-state index contributed by atoms with van der Waals surface area (Å²) >= 11 is 7.46. The summed E-state index contributed by atoms with van der Waals surface area (Å²) in [6, 6.07) is 18.7. The third kappa shape index (κ3) is 4.25. The van der Waals surface area contributed by atoms with Crippen molar-refractivity contribution < 1.29 is 19.4 Å². The van der Waals surface area contributed by atoms with E-state index >= 15 is 0 Å². The summed E-state index contributed by atoms with van der Waals surface area (Å²) in [5.41, 5.74) is 2.95. The van der Waals surface area contributed by atoms with Gasteiger partial charge in [-0.3, -0.25) is 14.5 Å². The van der Waals surface area contributed by atoms with E-state index in [0.29, 0.717) is 33.6 Å². The molecule has 0 saturated carbocycles. The predicted molar refractivity (Wildman–Crippen MR) is 143 cm³/mol. The number of aliphatic hydroxyl groups excluding tert-OH is 1. The molecule has 1 aliphatic rings. The number of carbonyl (C=O) groups excluding carboxylic acids is 2. The van der Waals surface area contributed by atoms with Crippen LogP contribution in [0.25, 0.3) is 16.0 Å². The number of amides is 1. The molecule has 0 radical (unpaired) electrons. The van der Waals surface area contributed by atoms with Crippen LogP contribution < -0.4 is 9.64 Å². The van der Waals surface area contributed by atoms with Gasteiger partial charge in [0.1, 0.15) is 11.5 Å². The van der Waals surface area contributed by atoms with Crippen LogP contribution in [0.1, 0.15) is 36.6 Å². The van der Waals surface area contributed by atoms with Gasteiger partial charge in [-0.15, -0.1) is 0 Å². The van der Waals surface area contributed by atoms with Crippen molar-refractivity contribution in [3.8, 4) is 5.75 Å². The van der Waals surface area contributed by atoms with Gasteiger partial charge in [0.15, 0.2) is 5.13 Å². The molecule has 3 aromatic carbocycles. The van der Waals surface area contributed by atoms with Crippen LogP contribution >= 0.6 is 22.9 Å². The van der Waals surface area contributed by atoms with E-state index in [1.165, 1.54) is 16.2 Å². The number of anilines is 1. The van der Waals surface area contributed by atoms with Crippen LogP contribution in [0.3, 0.4) is 0 Å². The highest BCUT2D eigenvalue weighted by Gasteiger charge is 2.48. The molecule has 1 aliphatic heterocycles. The fraction of sp³-hybridized carbons (Fsp3) is 0.179. The Morgan fingerprint density at radius 3 is 2.44 bits per heavy atom. The van der Waals surface area contributed by atoms with Gasteiger partial charge in [0.2, 0.25) is 0 Å². The Balaban J connectivity index is 1.67. The van der Waals surface area contributed by atoms with Crippen molar-refractivity contribution in [2.24, 2.45) is 0 Å². The van der Waals surface area contributed by atoms with E-state index in [2.05, 4.69) is 11.9 Å². The Labute approximate surface area is 217 Å². The zero-order valence-corrected chi connectivity index (χ0v) is 21.3. The largest absolute Gasteiger partial charge is 0.507 e. The van der Waals surface area contributed by atoms with E-state index < -0.39 is 17.7 Å². The Hall–Kier alpha value is -3.68. The van der Waals surface area contributed by atoms with Crippen molar-refractivity contribution in [2.75, 3.05) is 11.5 Å². The van der Waals surface area contributed by atoms with Gasteiger partial charge in [-0.2, -0.15) is 0 Å². The molecule has 0 aliphatic carbocycles. The monoisotopic (exact) mass is 518 g/mol. The van der Waals surface area contributed by atoms with E-state index in [-0.39, 0.29) is 11.3 Å². The number of ketones is 1. The molecule has 0 unspecified atom stereocenters. The first-order valence-electron chi connectivity index (χ1n) is 11.6. The van der Waals surface area contributed by atoms with Crippen molar-refractivity contribution in [2.45, 2.75) is 26.3 Å². The number of aliphatic hydroxyl groups is 1. The first kappa shape index (κ1) is 24.0. The maximum atomic E-state index is 13.4. The van der Waals surface area contributed by atoms with E-state index in [0.717, 1.165) is 22.2 Å². The van der Waals surface area contributed by atoms with Crippen LogP contribution in [0.4, 0.5) is 5.13 Å². The number of Topliss-reactive ketones (excluding diaryl/α,β-unsaturated/α-hetero) is 1. The number of benzene rings is 3. The van der Waals surface area contributed by atoms with E-state index in [9.17, 15) is 14.7 Å². The number of rotatable bonds is 6. The van der Waals surface area contributed by atoms with Gasteiger partial charge >= 0.3 is 5.91 Å². The summed E-state index contributed by atoms with van der Waals surface area (Å²) in [6.07, 6.45) is 0.876. The molecular weight excluding hydrogens is 496 g/mol. The van der Waals surface area contributed by atoms with Gasteiger partial charge in [-0.25, -0.2) is 4.98 Å². The number of nitrogens with zero attached hydrogens (tertiary/aromatic N) is 2. The molecule has 6 nitrogen and oxygen atoms in total. The Morgan fingerprint density at radius 1 is 1.06 bits per heavy atom. The lowest BCUT2D eigenvalue weighted by molar-refractivity contribution is -0.132. The van der Waals surface area contributed by atoms with Gasteiger partial charge in [-0.1, -0.05) is 48.1 Å². The molecule has 1 saturated heterocycles. The zero-order chi connectivity index (χ0) is 25.4. The smallest absolute Gasteiger partial charge is 0.301 e. The second-order valence-electron chi connectivity index (χ2n) is 8.33. The molecule has 1 aromatic heterocycles. The van der Waals surface area contributed by atoms with Crippen LogP contribution in [0, 0.1) is 0 Å². The van der Waals surface area contributed by atoms with E-state index in [4.69, 9.17) is 16.3 Å². The Morgan fingerprint density at radius 2 is 1.78 bits per heavy atom. The fourth-order valence-corrected chi connectivity index (χ4v) is 5.48. The molecule has 36 heavy (non-hydrogen) atoms. The average molecular weight is 519 g/mol. The summed E-state index contributed by atoms with van der Waals surface area (Å²) in [6.45, 7) is 4.46. The minimum absolute atomic E-state index is 0.0000133. The van der Waals surface area contributed by atoms with Gasteiger partial charge < -0.3 is 9.84 Å². The first-order valence-corrected chi connectivity index (χ1v) is 12.8. The summed E-state index contributed by atoms with van der Waals surface area (Å²) in [7, 11) is 0. The third-order valence-corrected chi connectivity index (χ3v) is 7.39. The summed E-state index contributed by atoms with van der Waals surface area (Å²) in [5, 5.41) is 12.2. The quantitative estimate of drug-likeness (QED) is 0.178. The molecule has 4 aromatic rings. The highest BCUT2D eigenvalue weighted by molar-refractivity contribution is 7.22. The molecule has 2 heterocycles. The summed E-state index contributed by atoms with van der Waals surface area (Å²) < 4.78 is 6.40. The van der Waals surface area contributed by atoms with Crippen molar-refractivity contribution in [3.05, 3.63) is 94.0 Å². The maximum absolute atomic E-state index is 13.4. The molecule has 8 heteroatoms. The molecule has 1 atom stereocenters. The molecule has 0 spiro atoms. The molecule has 5 rings (SSSR count). The highest BCUT2D eigenvalue weighted by Crippen LogP contribution is 2.44. The van der Waals surface area contributed by atoms with E-state index in [1.54, 1.807) is 48.5 Å². The van der Waals surface area contributed by atoms with Crippen molar-refractivity contribution >= 4 is 55.7 Å². The molecule has 1 N–H and O–H groups in total. The van der Waals surface area contributed by atoms with Crippen molar-refractivity contribution in [1.82, 2.24) is 4.98 Å². The average Bonchev–Trinajstić information content (AvgIpc) is 3.42. The minimum atomic E-state index is -0.861. The lowest BCUT2D eigenvalue weighted by Gasteiger charge is -2.23. The normalized spacial score (nSPS) is 17.2. The lowest BCUT2D eigenvalue weighted by atomic mass is 9.95. The predicted octanol–water partition coefficient (Wildman–Crippen LogP) is 6.54. The number of thiazole rings is 1. The van der Waals surface area contributed by atoms with E-state index in [1.807, 2.05) is 25.1 Å². The zero-order valence-electron chi connectivity index (χ0n) is 19.7. The van der Waals surface area contributed by atoms with Gasteiger partial charge in [0, 0.05) is 10.6 Å². The topological polar surface area (TPSA) is 79.7 Å². The number of fused-ring (bicyclic) bond motifs is 1. The number of carbonyl (C=O) groups is 2. The van der Waals surface area contributed by atoms with Crippen LogP contribution in [-0.2, 0) is 16.0 Å². The molecule has 1 amide bonds. The van der Waals surface area contributed by atoms with Crippen molar-refractivity contribution in [1.29, 1.82) is 0 Å². The summed E-state index contributed by atoms with van der Waals surface area (Å²) in [5.74, 6) is -1.12. The van der Waals surface area contributed by atoms with Crippen molar-refractivity contribution in [3.63, 3.8) is 0 Å². The minimum Gasteiger partial charge on any atom is -0.507 e. The highest BCUT2D eigenvalue weighted by atomic mass is 35.5. The Kier molecular flexibility index (Phi) is 6.51. The number of aryl methyl sites for hydroxylation is 1. The number of halogens is 1. The first-order chi connectivity index (χ1) is 17.4. The maximum Gasteiger partial charge on any atom is 0.301 e.